The summed E-state index contributed by atoms with van der Waals surface area (Å²) in [6.45, 7) is 2.17. The first-order valence-electron chi connectivity index (χ1n) is 8.24. The summed E-state index contributed by atoms with van der Waals surface area (Å²) in [5.74, 6) is -3.33. The Morgan fingerprint density at radius 3 is 2.69 bits per heavy atom. The second-order valence-electron chi connectivity index (χ2n) is 6.51. The Labute approximate surface area is 174 Å². The van der Waals surface area contributed by atoms with E-state index in [2.05, 4.69) is 15.6 Å². The van der Waals surface area contributed by atoms with Crippen molar-refractivity contribution < 1.29 is 23.2 Å². The van der Waals surface area contributed by atoms with Gasteiger partial charge in [0, 0.05) is 11.8 Å². The molecule has 1 saturated heterocycles. The van der Waals surface area contributed by atoms with Gasteiger partial charge < -0.3 is 10.6 Å². The van der Waals surface area contributed by atoms with Gasteiger partial charge >= 0.3 is 6.03 Å². The average Bonchev–Trinajstić information content (AvgIpc) is 2.88. The molecule has 2 heterocycles. The molecule has 0 saturated carbocycles. The van der Waals surface area contributed by atoms with Crippen LogP contribution in [0.15, 0.2) is 24.4 Å². The van der Waals surface area contributed by atoms with Crippen molar-refractivity contribution in [2.75, 3.05) is 11.9 Å². The SMILES string of the molecule is Cc1c(Cl)cnc(NC(=O)CN2C(=O)NC(C)(c3cc(F)ccc3F)C2=O)c1Cl. The molecule has 1 atom stereocenters. The van der Waals surface area contributed by atoms with E-state index < -0.39 is 41.6 Å². The van der Waals surface area contributed by atoms with E-state index in [0.29, 0.717) is 15.5 Å². The molecule has 3 rings (SSSR count). The zero-order valence-electron chi connectivity index (χ0n) is 15.1. The molecule has 4 amide bonds. The molecule has 1 aromatic carbocycles. The second kappa shape index (κ2) is 7.57. The predicted molar refractivity (Wildman–Crippen MR) is 102 cm³/mol. The van der Waals surface area contributed by atoms with Crippen LogP contribution in [0.5, 0.6) is 0 Å². The van der Waals surface area contributed by atoms with Crippen LogP contribution in [0.3, 0.4) is 0 Å². The summed E-state index contributed by atoms with van der Waals surface area (Å²) in [6.07, 6.45) is 1.29. The lowest BCUT2D eigenvalue weighted by atomic mass is 9.91. The monoisotopic (exact) mass is 442 g/mol. The largest absolute Gasteiger partial charge is 0.325 e. The van der Waals surface area contributed by atoms with Crippen LogP contribution >= 0.6 is 23.2 Å². The molecular weight excluding hydrogens is 429 g/mol. The number of pyridine rings is 1. The number of benzene rings is 1. The van der Waals surface area contributed by atoms with Gasteiger partial charge in [-0.2, -0.15) is 0 Å². The highest BCUT2D eigenvalue weighted by molar-refractivity contribution is 6.37. The normalized spacial score (nSPS) is 18.8. The lowest BCUT2D eigenvalue weighted by Gasteiger charge is -2.22. The molecule has 1 unspecified atom stereocenters. The number of aromatic nitrogens is 1. The van der Waals surface area contributed by atoms with Crippen LogP contribution < -0.4 is 10.6 Å². The summed E-state index contributed by atoms with van der Waals surface area (Å²) in [6, 6.07) is 1.63. The van der Waals surface area contributed by atoms with Crippen molar-refractivity contribution in [3.63, 3.8) is 0 Å². The molecule has 0 radical (unpaired) electrons. The molecule has 29 heavy (non-hydrogen) atoms. The third kappa shape index (κ3) is 3.75. The highest BCUT2D eigenvalue weighted by atomic mass is 35.5. The summed E-state index contributed by atoms with van der Waals surface area (Å²) in [5.41, 5.74) is -1.73. The molecule has 7 nitrogen and oxygen atoms in total. The van der Waals surface area contributed by atoms with Crippen molar-refractivity contribution in [3.05, 3.63) is 57.2 Å². The van der Waals surface area contributed by atoms with Crippen molar-refractivity contribution in [2.45, 2.75) is 19.4 Å². The highest BCUT2D eigenvalue weighted by Gasteiger charge is 2.50. The predicted octanol–water partition coefficient (Wildman–Crippen LogP) is 3.38. The average molecular weight is 443 g/mol. The number of rotatable bonds is 4. The van der Waals surface area contributed by atoms with Gasteiger partial charge in [-0.25, -0.2) is 18.6 Å². The van der Waals surface area contributed by atoms with Crippen LogP contribution in [0.1, 0.15) is 18.1 Å². The van der Waals surface area contributed by atoms with E-state index in [9.17, 15) is 23.2 Å². The molecular formula is C18H14Cl2F2N4O3. The molecule has 0 aliphatic carbocycles. The third-order valence-corrected chi connectivity index (χ3v) is 5.35. The van der Waals surface area contributed by atoms with Gasteiger partial charge in [-0.15, -0.1) is 0 Å². The summed E-state index contributed by atoms with van der Waals surface area (Å²) in [7, 11) is 0. The quantitative estimate of drug-likeness (QED) is 0.709. The molecule has 11 heteroatoms. The highest BCUT2D eigenvalue weighted by Crippen LogP contribution is 2.32. The number of imide groups is 1. The number of carbonyl (C=O) groups excluding carboxylic acids is 3. The van der Waals surface area contributed by atoms with E-state index in [4.69, 9.17) is 23.2 Å². The first-order valence-corrected chi connectivity index (χ1v) is 9.00. The maximum absolute atomic E-state index is 14.2. The van der Waals surface area contributed by atoms with E-state index in [1.165, 1.54) is 13.1 Å². The number of carbonyl (C=O) groups is 3. The summed E-state index contributed by atoms with van der Waals surface area (Å²) in [4.78, 5) is 41.8. The summed E-state index contributed by atoms with van der Waals surface area (Å²) in [5, 5.41) is 5.10. The first kappa shape index (κ1) is 20.9. The first-order chi connectivity index (χ1) is 13.5. The van der Waals surface area contributed by atoms with E-state index in [1.54, 1.807) is 6.92 Å². The topological polar surface area (TPSA) is 91.4 Å². The zero-order valence-corrected chi connectivity index (χ0v) is 16.7. The number of halogens is 4. The third-order valence-electron chi connectivity index (χ3n) is 4.50. The van der Waals surface area contributed by atoms with Gasteiger partial charge in [0.05, 0.1) is 10.0 Å². The Morgan fingerprint density at radius 2 is 2.00 bits per heavy atom. The van der Waals surface area contributed by atoms with Crippen molar-refractivity contribution in [1.29, 1.82) is 0 Å². The number of hydrogen-bond acceptors (Lipinski definition) is 4. The molecule has 152 valence electrons. The van der Waals surface area contributed by atoms with Gasteiger partial charge in [0.1, 0.15) is 23.7 Å². The number of anilines is 1. The smallest absolute Gasteiger partial charge is 0.319 e. The maximum Gasteiger partial charge on any atom is 0.325 e. The van der Waals surface area contributed by atoms with Gasteiger partial charge in [0.15, 0.2) is 5.82 Å². The van der Waals surface area contributed by atoms with Crippen LogP contribution in [-0.2, 0) is 15.1 Å². The van der Waals surface area contributed by atoms with Gasteiger partial charge in [-0.3, -0.25) is 14.5 Å². The lowest BCUT2D eigenvalue weighted by molar-refractivity contribution is -0.133. The Bertz CT molecular complexity index is 1050. The molecule has 2 N–H and O–H groups in total. The Balaban J connectivity index is 1.81. The van der Waals surface area contributed by atoms with E-state index in [-0.39, 0.29) is 16.4 Å². The van der Waals surface area contributed by atoms with E-state index in [0.717, 1.165) is 18.2 Å². The van der Waals surface area contributed by atoms with E-state index in [1.807, 2.05) is 0 Å². The zero-order chi connectivity index (χ0) is 21.5. The van der Waals surface area contributed by atoms with Crippen LogP contribution in [-0.4, -0.2) is 34.3 Å². The minimum atomic E-state index is -1.86. The van der Waals surface area contributed by atoms with Gasteiger partial charge in [0.2, 0.25) is 5.91 Å². The number of urea groups is 1. The van der Waals surface area contributed by atoms with Crippen molar-refractivity contribution in [3.8, 4) is 0 Å². The standard InChI is InChI=1S/C18H14Cl2F2N4O3/c1-8-11(19)6-23-15(14(8)20)24-13(27)7-26-16(28)18(2,25-17(26)29)10-5-9(21)3-4-12(10)22/h3-6H,7H2,1-2H3,(H,25,29)(H,23,24,27). The fraction of sp³-hybridized carbons (Fsp3) is 0.222. The van der Waals surface area contributed by atoms with Crippen molar-refractivity contribution in [2.24, 2.45) is 0 Å². The number of nitrogens with zero attached hydrogens (tertiary/aromatic N) is 2. The van der Waals surface area contributed by atoms with E-state index >= 15 is 0 Å². The minimum Gasteiger partial charge on any atom is -0.319 e. The van der Waals surface area contributed by atoms with Crippen molar-refractivity contribution in [1.82, 2.24) is 15.2 Å². The Morgan fingerprint density at radius 1 is 1.31 bits per heavy atom. The Kier molecular flexibility index (Phi) is 5.46. The second-order valence-corrected chi connectivity index (χ2v) is 7.30. The molecule has 0 bridgehead atoms. The molecule has 1 aromatic heterocycles. The fourth-order valence-corrected chi connectivity index (χ4v) is 3.25. The molecule has 1 aliphatic rings. The van der Waals surface area contributed by atoms with Crippen LogP contribution in [0.2, 0.25) is 10.0 Å². The van der Waals surface area contributed by atoms with Crippen LogP contribution in [0.4, 0.5) is 19.4 Å². The maximum atomic E-state index is 14.2. The minimum absolute atomic E-state index is 0.00422. The Hall–Kier alpha value is -2.78. The fourth-order valence-electron chi connectivity index (χ4n) is 2.86. The van der Waals surface area contributed by atoms with Gasteiger partial charge in [-0.05, 0) is 37.6 Å². The lowest BCUT2D eigenvalue weighted by Crippen LogP contribution is -2.42. The number of nitrogens with one attached hydrogen (secondary N) is 2. The van der Waals surface area contributed by atoms with Crippen molar-refractivity contribution >= 4 is 46.9 Å². The van der Waals surface area contributed by atoms with Gasteiger partial charge in [0.25, 0.3) is 5.91 Å². The van der Waals surface area contributed by atoms with Gasteiger partial charge in [-0.1, -0.05) is 23.2 Å². The number of amides is 4. The molecule has 0 spiro atoms. The summed E-state index contributed by atoms with van der Waals surface area (Å²) >= 11 is 12.0. The molecule has 1 aliphatic heterocycles. The molecule has 2 aromatic rings. The van der Waals surface area contributed by atoms with Crippen LogP contribution in [0.25, 0.3) is 0 Å². The summed E-state index contributed by atoms with van der Waals surface area (Å²) < 4.78 is 27.7. The van der Waals surface area contributed by atoms with Crippen LogP contribution in [0, 0.1) is 18.6 Å². The number of hydrogen-bond donors (Lipinski definition) is 2. The molecule has 1 fully saturated rings.